The van der Waals surface area contributed by atoms with Crippen LogP contribution in [0.15, 0.2) is 17.4 Å². The summed E-state index contributed by atoms with van der Waals surface area (Å²) in [7, 11) is 0. The van der Waals surface area contributed by atoms with Crippen LogP contribution in [0.3, 0.4) is 0 Å². The normalized spacial score (nSPS) is 8.80. The molecule has 4 heteroatoms. The molecule has 1 aromatic rings. The van der Waals surface area contributed by atoms with Crippen LogP contribution in [0.5, 0.6) is 0 Å². The molecular weight excluding hydrogens is 146 g/mol. The molecule has 0 saturated heterocycles. The van der Waals surface area contributed by atoms with E-state index in [0.29, 0.717) is 10.8 Å². The Bertz CT molecular complexity index is 266. The van der Waals surface area contributed by atoms with Crippen molar-refractivity contribution in [2.75, 3.05) is 6.26 Å². The molecule has 0 aliphatic carbocycles. The zero-order valence-corrected chi connectivity index (χ0v) is 6.22. The van der Waals surface area contributed by atoms with Crippen LogP contribution >= 0.6 is 11.8 Å². The highest BCUT2D eigenvalue weighted by Gasteiger charge is 2.00. The Morgan fingerprint density at radius 3 is 2.70 bits per heavy atom. The van der Waals surface area contributed by atoms with Gasteiger partial charge in [-0.1, -0.05) is 6.57 Å². The van der Waals surface area contributed by atoms with Gasteiger partial charge in [0.15, 0.2) is 0 Å². The molecule has 0 unspecified atom stereocenters. The van der Waals surface area contributed by atoms with Crippen LogP contribution in [-0.2, 0) is 0 Å². The number of rotatable bonds is 1. The molecule has 0 fully saturated rings. The number of nitrogens with zero attached hydrogens (tertiary/aromatic N) is 3. The lowest BCUT2D eigenvalue weighted by atomic mass is 10.7. The van der Waals surface area contributed by atoms with Gasteiger partial charge in [-0.25, -0.2) is 0 Å². The quantitative estimate of drug-likeness (QED) is 0.452. The molecule has 0 aliphatic heterocycles. The van der Waals surface area contributed by atoms with Gasteiger partial charge in [-0.05, 0) is 6.26 Å². The van der Waals surface area contributed by atoms with Crippen LogP contribution in [0.4, 0.5) is 5.82 Å². The molecule has 0 spiro atoms. The summed E-state index contributed by atoms with van der Waals surface area (Å²) in [6.45, 7) is 6.70. The fourth-order valence-electron chi connectivity index (χ4n) is 0.539. The Balaban J connectivity index is 3.12. The number of hydrogen-bond donors (Lipinski definition) is 0. The highest BCUT2D eigenvalue weighted by molar-refractivity contribution is 7.98. The standard InChI is InChI=1S/C6H5N3S/c1-7-5-6(10-2)9-4-3-8-5/h3-4H,2H3. The minimum atomic E-state index is 0.384. The third-order valence-corrected chi connectivity index (χ3v) is 1.62. The van der Waals surface area contributed by atoms with Gasteiger partial charge in [0, 0.05) is 0 Å². The van der Waals surface area contributed by atoms with Crippen molar-refractivity contribution in [3.63, 3.8) is 0 Å². The SMILES string of the molecule is [C-]#[N+]c1nccnc1SC. The van der Waals surface area contributed by atoms with Crippen LogP contribution in [-0.4, -0.2) is 16.2 Å². The Morgan fingerprint density at radius 2 is 2.20 bits per heavy atom. The molecule has 0 aromatic carbocycles. The highest BCUT2D eigenvalue weighted by Crippen LogP contribution is 2.21. The molecule has 10 heavy (non-hydrogen) atoms. The molecular formula is C6H5N3S. The van der Waals surface area contributed by atoms with Gasteiger partial charge in [-0.3, -0.25) is 4.98 Å². The van der Waals surface area contributed by atoms with E-state index < -0.39 is 0 Å². The lowest BCUT2D eigenvalue weighted by Gasteiger charge is -1.93. The van der Waals surface area contributed by atoms with E-state index in [1.165, 1.54) is 18.0 Å². The Kier molecular flexibility index (Phi) is 2.24. The highest BCUT2D eigenvalue weighted by atomic mass is 32.2. The average molecular weight is 151 g/mol. The van der Waals surface area contributed by atoms with Crippen LogP contribution < -0.4 is 0 Å². The Labute approximate surface area is 63.3 Å². The van der Waals surface area contributed by atoms with Gasteiger partial charge >= 0.3 is 5.82 Å². The Hall–Kier alpha value is -1.08. The van der Waals surface area contributed by atoms with Crippen LogP contribution in [0.25, 0.3) is 4.85 Å². The summed E-state index contributed by atoms with van der Waals surface area (Å²) < 4.78 is 0. The van der Waals surface area contributed by atoms with E-state index in [4.69, 9.17) is 6.57 Å². The second-order valence-electron chi connectivity index (χ2n) is 1.50. The maximum absolute atomic E-state index is 6.70. The third kappa shape index (κ3) is 1.25. The molecule has 0 saturated carbocycles. The fourth-order valence-corrected chi connectivity index (χ4v) is 0.986. The van der Waals surface area contributed by atoms with Crippen molar-refractivity contribution < 1.29 is 0 Å². The predicted molar refractivity (Wildman–Crippen MR) is 40.1 cm³/mol. The van der Waals surface area contributed by atoms with Crippen molar-refractivity contribution in [3.05, 3.63) is 23.8 Å². The van der Waals surface area contributed by atoms with Crippen LogP contribution in [0, 0.1) is 6.57 Å². The zero-order valence-electron chi connectivity index (χ0n) is 5.40. The topological polar surface area (TPSA) is 30.1 Å². The molecule has 1 heterocycles. The summed E-state index contributed by atoms with van der Waals surface area (Å²) in [5.74, 6) is 0.384. The molecule has 0 N–H and O–H groups in total. The monoisotopic (exact) mass is 151 g/mol. The third-order valence-electron chi connectivity index (χ3n) is 0.946. The minimum absolute atomic E-state index is 0.384. The van der Waals surface area contributed by atoms with E-state index in [0.717, 1.165) is 0 Å². The summed E-state index contributed by atoms with van der Waals surface area (Å²) in [6.07, 6.45) is 4.98. The molecule has 0 aliphatic rings. The van der Waals surface area contributed by atoms with Crippen molar-refractivity contribution in [1.82, 2.24) is 9.97 Å². The zero-order chi connectivity index (χ0) is 7.40. The summed E-state index contributed by atoms with van der Waals surface area (Å²) >= 11 is 1.43. The predicted octanol–water partition coefficient (Wildman–Crippen LogP) is 1.75. The van der Waals surface area contributed by atoms with Crippen molar-refractivity contribution in [2.24, 2.45) is 0 Å². The first-order valence-electron chi connectivity index (χ1n) is 2.61. The van der Waals surface area contributed by atoms with Crippen molar-refractivity contribution in [2.45, 2.75) is 5.03 Å². The molecule has 50 valence electrons. The molecule has 1 rings (SSSR count). The molecule has 0 amide bonds. The smallest absolute Gasteiger partial charge is 0.302 e. The summed E-state index contributed by atoms with van der Waals surface area (Å²) in [4.78, 5) is 11.0. The van der Waals surface area contributed by atoms with Gasteiger partial charge in [-0.2, -0.15) is 0 Å². The van der Waals surface area contributed by atoms with E-state index >= 15 is 0 Å². The fraction of sp³-hybridized carbons (Fsp3) is 0.167. The first-order chi connectivity index (χ1) is 4.88. The first-order valence-corrected chi connectivity index (χ1v) is 3.83. The van der Waals surface area contributed by atoms with E-state index in [-0.39, 0.29) is 0 Å². The van der Waals surface area contributed by atoms with E-state index in [2.05, 4.69) is 14.8 Å². The molecule has 0 radical (unpaired) electrons. The van der Waals surface area contributed by atoms with Gasteiger partial charge in [0.1, 0.15) is 11.2 Å². The van der Waals surface area contributed by atoms with Gasteiger partial charge in [0.25, 0.3) is 0 Å². The maximum Gasteiger partial charge on any atom is 0.302 e. The number of thioether (sulfide) groups is 1. The number of aromatic nitrogens is 2. The maximum atomic E-state index is 6.70. The van der Waals surface area contributed by atoms with E-state index in [9.17, 15) is 0 Å². The van der Waals surface area contributed by atoms with E-state index in [1.54, 1.807) is 6.20 Å². The van der Waals surface area contributed by atoms with Gasteiger partial charge < -0.3 is 4.85 Å². The summed E-state index contributed by atoms with van der Waals surface area (Å²) in [6, 6.07) is 0. The molecule has 3 nitrogen and oxygen atoms in total. The van der Waals surface area contributed by atoms with Crippen molar-refractivity contribution in [3.8, 4) is 0 Å². The second-order valence-corrected chi connectivity index (χ2v) is 2.30. The van der Waals surface area contributed by atoms with Gasteiger partial charge in [-0.15, -0.1) is 16.7 Å². The van der Waals surface area contributed by atoms with Gasteiger partial charge in [0.05, 0.1) is 6.20 Å². The second kappa shape index (κ2) is 3.18. The largest absolute Gasteiger partial charge is 0.358 e. The summed E-state index contributed by atoms with van der Waals surface area (Å²) in [5.41, 5.74) is 0. The Morgan fingerprint density at radius 1 is 1.50 bits per heavy atom. The summed E-state index contributed by atoms with van der Waals surface area (Å²) in [5, 5.41) is 0.692. The van der Waals surface area contributed by atoms with Crippen LogP contribution in [0.1, 0.15) is 0 Å². The van der Waals surface area contributed by atoms with Crippen molar-refractivity contribution in [1.29, 1.82) is 0 Å². The van der Waals surface area contributed by atoms with E-state index in [1.807, 2.05) is 6.26 Å². The molecule has 1 aromatic heterocycles. The van der Waals surface area contributed by atoms with Crippen molar-refractivity contribution >= 4 is 17.6 Å². The lowest BCUT2D eigenvalue weighted by molar-refractivity contribution is 1.08. The average Bonchev–Trinajstić information content (AvgIpc) is 2.04. The minimum Gasteiger partial charge on any atom is -0.358 e. The lowest BCUT2D eigenvalue weighted by Crippen LogP contribution is -1.79. The van der Waals surface area contributed by atoms with Gasteiger partial charge in [0.2, 0.25) is 0 Å². The molecule has 0 bridgehead atoms. The number of hydrogen-bond acceptors (Lipinski definition) is 3. The molecule has 0 atom stereocenters. The first kappa shape index (κ1) is 7.03. The van der Waals surface area contributed by atoms with Crippen LogP contribution in [0.2, 0.25) is 0 Å².